The first kappa shape index (κ1) is 8.14. The van der Waals surface area contributed by atoms with Gasteiger partial charge in [-0.15, -0.1) is 0 Å². The molecule has 0 saturated heterocycles. The van der Waals surface area contributed by atoms with Crippen LogP contribution in [0.15, 0.2) is 18.6 Å². The minimum atomic E-state index is -0.245. The minimum absolute atomic E-state index is 0.245. The van der Waals surface area contributed by atoms with Gasteiger partial charge in [0, 0.05) is 11.9 Å². The van der Waals surface area contributed by atoms with Crippen LogP contribution in [0.25, 0.3) is 0 Å². The fourth-order valence-electron chi connectivity index (χ4n) is 0.823. The summed E-state index contributed by atoms with van der Waals surface area (Å²) in [5.74, 6) is 0. The number of aliphatic hydroxyl groups is 1. The molecule has 1 aromatic heterocycles. The first-order valence-electron chi connectivity index (χ1n) is 3.72. The number of aryl methyl sites for hydroxylation is 1. The summed E-state index contributed by atoms with van der Waals surface area (Å²) in [5.41, 5.74) is 0.987. The maximum Gasteiger partial charge on any atom is 0.115 e. The Labute approximate surface area is 66.1 Å². The van der Waals surface area contributed by atoms with Gasteiger partial charge in [0.2, 0.25) is 0 Å². The average molecular weight is 152 g/mol. The van der Waals surface area contributed by atoms with E-state index in [0.717, 1.165) is 18.5 Å². The number of aliphatic hydroxyl groups excluding tert-OH is 1. The predicted octanol–water partition coefficient (Wildman–Crippen LogP) is 0.790. The SMILES string of the molecule is CC(O)CCc1ccncn1. The molecule has 1 atom stereocenters. The van der Waals surface area contributed by atoms with E-state index in [1.807, 2.05) is 6.07 Å². The Bertz CT molecular complexity index is 199. The largest absolute Gasteiger partial charge is 0.393 e. The first-order chi connectivity index (χ1) is 5.29. The summed E-state index contributed by atoms with van der Waals surface area (Å²) in [6.07, 6.45) is 4.57. The molecule has 0 spiro atoms. The third-order valence-electron chi connectivity index (χ3n) is 1.46. The van der Waals surface area contributed by atoms with E-state index in [-0.39, 0.29) is 6.10 Å². The molecule has 0 amide bonds. The van der Waals surface area contributed by atoms with Crippen molar-refractivity contribution in [2.75, 3.05) is 0 Å². The van der Waals surface area contributed by atoms with E-state index in [0.29, 0.717) is 0 Å². The maximum atomic E-state index is 8.97. The molecular weight excluding hydrogens is 140 g/mol. The molecule has 1 N–H and O–H groups in total. The summed E-state index contributed by atoms with van der Waals surface area (Å²) in [4.78, 5) is 7.83. The van der Waals surface area contributed by atoms with Crippen LogP contribution in [0.2, 0.25) is 0 Å². The second-order valence-electron chi connectivity index (χ2n) is 2.59. The Hall–Kier alpha value is -0.960. The zero-order valence-electron chi connectivity index (χ0n) is 6.57. The molecule has 0 aliphatic rings. The van der Waals surface area contributed by atoms with Crippen molar-refractivity contribution < 1.29 is 5.11 Å². The van der Waals surface area contributed by atoms with Gasteiger partial charge in [-0.05, 0) is 25.8 Å². The zero-order chi connectivity index (χ0) is 8.10. The van der Waals surface area contributed by atoms with Crippen LogP contribution in [-0.2, 0) is 6.42 Å². The van der Waals surface area contributed by atoms with Crippen LogP contribution in [0.3, 0.4) is 0 Å². The van der Waals surface area contributed by atoms with Gasteiger partial charge in [0.25, 0.3) is 0 Å². The van der Waals surface area contributed by atoms with Crippen LogP contribution in [0.1, 0.15) is 19.0 Å². The highest BCUT2D eigenvalue weighted by Crippen LogP contribution is 1.99. The predicted molar refractivity (Wildman–Crippen MR) is 42.0 cm³/mol. The molecule has 1 rings (SSSR count). The van der Waals surface area contributed by atoms with Gasteiger partial charge >= 0.3 is 0 Å². The van der Waals surface area contributed by atoms with E-state index in [1.54, 1.807) is 13.1 Å². The Morgan fingerprint density at radius 2 is 2.45 bits per heavy atom. The van der Waals surface area contributed by atoms with Crippen molar-refractivity contribution in [3.8, 4) is 0 Å². The number of rotatable bonds is 3. The van der Waals surface area contributed by atoms with Gasteiger partial charge in [-0.3, -0.25) is 0 Å². The van der Waals surface area contributed by atoms with Crippen LogP contribution < -0.4 is 0 Å². The fourth-order valence-corrected chi connectivity index (χ4v) is 0.823. The topological polar surface area (TPSA) is 46.0 Å². The van der Waals surface area contributed by atoms with Crippen LogP contribution in [0.4, 0.5) is 0 Å². The van der Waals surface area contributed by atoms with Crippen LogP contribution in [0, 0.1) is 0 Å². The average Bonchev–Trinajstić information content (AvgIpc) is 2.03. The molecule has 11 heavy (non-hydrogen) atoms. The standard InChI is InChI=1S/C8H12N2O/c1-7(11)2-3-8-4-5-9-6-10-8/h4-7,11H,2-3H2,1H3. The molecule has 1 heterocycles. The molecular formula is C8H12N2O. The molecule has 0 fully saturated rings. The van der Waals surface area contributed by atoms with Gasteiger partial charge in [-0.2, -0.15) is 0 Å². The van der Waals surface area contributed by atoms with Crippen molar-refractivity contribution in [2.45, 2.75) is 25.9 Å². The molecule has 0 aliphatic heterocycles. The summed E-state index contributed by atoms with van der Waals surface area (Å²) in [7, 11) is 0. The normalized spacial score (nSPS) is 12.9. The van der Waals surface area contributed by atoms with Crippen molar-refractivity contribution >= 4 is 0 Å². The smallest absolute Gasteiger partial charge is 0.115 e. The third kappa shape index (κ3) is 3.09. The molecule has 0 saturated carbocycles. The molecule has 60 valence electrons. The number of aromatic nitrogens is 2. The van der Waals surface area contributed by atoms with Crippen LogP contribution in [0.5, 0.6) is 0 Å². The van der Waals surface area contributed by atoms with Gasteiger partial charge in [0.1, 0.15) is 6.33 Å². The highest BCUT2D eigenvalue weighted by atomic mass is 16.3. The molecule has 3 nitrogen and oxygen atoms in total. The number of nitrogens with zero attached hydrogens (tertiary/aromatic N) is 2. The van der Waals surface area contributed by atoms with Crippen LogP contribution >= 0.6 is 0 Å². The summed E-state index contributed by atoms with van der Waals surface area (Å²) in [5, 5.41) is 8.97. The summed E-state index contributed by atoms with van der Waals surface area (Å²) >= 11 is 0. The van der Waals surface area contributed by atoms with Gasteiger partial charge in [0.15, 0.2) is 0 Å². The van der Waals surface area contributed by atoms with Gasteiger partial charge in [-0.25, -0.2) is 9.97 Å². The van der Waals surface area contributed by atoms with Crippen molar-refractivity contribution in [1.82, 2.24) is 9.97 Å². The highest BCUT2D eigenvalue weighted by molar-refractivity contribution is 4.97. The summed E-state index contributed by atoms with van der Waals surface area (Å²) < 4.78 is 0. The quantitative estimate of drug-likeness (QED) is 0.696. The van der Waals surface area contributed by atoms with E-state index in [4.69, 9.17) is 5.11 Å². The molecule has 1 unspecified atom stereocenters. The third-order valence-corrected chi connectivity index (χ3v) is 1.46. The molecule has 0 aliphatic carbocycles. The lowest BCUT2D eigenvalue weighted by atomic mass is 10.2. The lowest BCUT2D eigenvalue weighted by molar-refractivity contribution is 0.184. The van der Waals surface area contributed by atoms with Gasteiger partial charge in [-0.1, -0.05) is 0 Å². The molecule has 0 bridgehead atoms. The Kier molecular flexibility index (Phi) is 2.98. The second-order valence-corrected chi connectivity index (χ2v) is 2.59. The molecule has 0 radical (unpaired) electrons. The first-order valence-corrected chi connectivity index (χ1v) is 3.72. The Balaban J connectivity index is 2.39. The monoisotopic (exact) mass is 152 g/mol. The van der Waals surface area contributed by atoms with Gasteiger partial charge < -0.3 is 5.11 Å². The fraction of sp³-hybridized carbons (Fsp3) is 0.500. The lowest BCUT2D eigenvalue weighted by Crippen LogP contribution is -2.02. The van der Waals surface area contributed by atoms with E-state index in [1.165, 1.54) is 6.33 Å². The van der Waals surface area contributed by atoms with Crippen molar-refractivity contribution in [3.63, 3.8) is 0 Å². The van der Waals surface area contributed by atoms with Gasteiger partial charge in [0.05, 0.1) is 6.10 Å². The maximum absolute atomic E-state index is 8.97. The minimum Gasteiger partial charge on any atom is -0.393 e. The van der Waals surface area contributed by atoms with Crippen molar-refractivity contribution in [2.24, 2.45) is 0 Å². The molecule has 3 heteroatoms. The lowest BCUT2D eigenvalue weighted by Gasteiger charge is -2.01. The molecule has 1 aromatic rings. The molecule has 0 aromatic carbocycles. The van der Waals surface area contributed by atoms with Crippen molar-refractivity contribution in [3.05, 3.63) is 24.3 Å². The highest BCUT2D eigenvalue weighted by Gasteiger charge is 1.97. The zero-order valence-corrected chi connectivity index (χ0v) is 6.57. The Morgan fingerprint density at radius 1 is 1.64 bits per heavy atom. The Morgan fingerprint density at radius 3 is 3.00 bits per heavy atom. The van der Waals surface area contributed by atoms with E-state index in [2.05, 4.69) is 9.97 Å². The summed E-state index contributed by atoms with van der Waals surface area (Å²) in [6.45, 7) is 1.78. The number of hydrogen-bond acceptors (Lipinski definition) is 3. The second kappa shape index (κ2) is 4.03. The summed E-state index contributed by atoms with van der Waals surface area (Å²) in [6, 6.07) is 1.86. The van der Waals surface area contributed by atoms with E-state index in [9.17, 15) is 0 Å². The van der Waals surface area contributed by atoms with Crippen molar-refractivity contribution in [1.29, 1.82) is 0 Å². The van der Waals surface area contributed by atoms with Crippen LogP contribution in [-0.4, -0.2) is 21.2 Å². The van der Waals surface area contributed by atoms with E-state index < -0.39 is 0 Å². The van der Waals surface area contributed by atoms with E-state index >= 15 is 0 Å². The number of hydrogen-bond donors (Lipinski definition) is 1.